The minimum absolute atomic E-state index is 0.708. The summed E-state index contributed by atoms with van der Waals surface area (Å²) in [5.74, 6) is 0. The molecule has 0 aromatic heterocycles. The highest BCUT2D eigenvalue weighted by atomic mass is 31.2. The van der Waals surface area contributed by atoms with E-state index in [1.165, 1.54) is 11.1 Å². The third-order valence-electron chi connectivity index (χ3n) is 4.54. The van der Waals surface area contributed by atoms with Gasteiger partial charge in [0.15, 0.2) is 0 Å². The quantitative estimate of drug-likeness (QED) is 0.703. The highest BCUT2D eigenvalue weighted by Gasteiger charge is 2.26. The molecule has 0 amide bonds. The lowest BCUT2D eigenvalue weighted by Gasteiger charge is -2.21. The number of rotatable bonds is 5. The summed E-state index contributed by atoms with van der Waals surface area (Å²) in [6.07, 6.45) is 8.28. The molecule has 0 spiro atoms. The van der Waals surface area contributed by atoms with Gasteiger partial charge in [-0.1, -0.05) is 84.0 Å². The summed E-state index contributed by atoms with van der Waals surface area (Å²) in [4.78, 5) is 0. The maximum Gasteiger partial charge on any atom is 0.143 e. The van der Waals surface area contributed by atoms with E-state index in [1.54, 1.807) is 0 Å². The van der Waals surface area contributed by atoms with Crippen LogP contribution in [0.15, 0.2) is 84.0 Å². The normalized spacial score (nSPS) is 15.0. The van der Waals surface area contributed by atoms with Crippen molar-refractivity contribution in [3.8, 4) is 0 Å². The Labute approximate surface area is 139 Å². The van der Waals surface area contributed by atoms with Crippen molar-refractivity contribution >= 4 is 17.8 Å². The monoisotopic (exact) mass is 322 g/mol. The Bertz CT molecular complexity index is 713. The molecule has 1 aliphatic carbocycles. The Hall–Kier alpha value is -1.85. The van der Waals surface area contributed by atoms with E-state index in [0.29, 0.717) is 6.16 Å². The molecular weight excluding hydrogens is 299 g/mol. The average Bonchev–Trinajstić information content (AvgIpc) is 2.62. The van der Waals surface area contributed by atoms with E-state index >= 15 is 0 Å². The summed E-state index contributed by atoms with van der Waals surface area (Å²) in [6.45, 7) is 2.17. The summed E-state index contributed by atoms with van der Waals surface area (Å²) >= 11 is 0. The van der Waals surface area contributed by atoms with E-state index in [1.807, 2.05) is 60.7 Å². The van der Waals surface area contributed by atoms with Crippen molar-refractivity contribution < 1.29 is 4.57 Å². The van der Waals surface area contributed by atoms with Crippen molar-refractivity contribution in [2.75, 3.05) is 6.16 Å². The number of hydrogen-bond donors (Lipinski definition) is 0. The van der Waals surface area contributed by atoms with E-state index in [0.717, 1.165) is 29.9 Å². The fraction of sp³-hybridized carbons (Fsp3) is 0.238. The van der Waals surface area contributed by atoms with E-state index in [9.17, 15) is 4.57 Å². The van der Waals surface area contributed by atoms with Gasteiger partial charge in [-0.2, -0.15) is 0 Å². The molecule has 0 saturated carbocycles. The standard InChI is InChI=1S/C21H23OP/c1-18-12-14-19(15-13-18)16-17-23(22,20-8-4-2-5-9-20)21-10-6-3-7-11-21/h2-12,14H,13,15-17H2,1H3. The van der Waals surface area contributed by atoms with Gasteiger partial charge in [0, 0.05) is 16.8 Å². The van der Waals surface area contributed by atoms with Gasteiger partial charge in [-0.3, -0.25) is 0 Å². The van der Waals surface area contributed by atoms with E-state index < -0.39 is 7.14 Å². The number of allylic oxidation sites excluding steroid dienone is 4. The van der Waals surface area contributed by atoms with E-state index in [-0.39, 0.29) is 0 Å². The van der Waals surface area contributed by atoms with Crippen LogP contribution >= 0.6 is 7.14 Å². The first kappa shape index (κ1) is 16.0. The first-order valence-electron chi connectivity index (χ1n) is 8.24. The van der Waals surface area contributed by atoms with Gasteiger partial charge < -0.3 is 4.57 Å². The minimum Gasteiger partial charge on any atom is -0.314 e. The number of benzene rings is 2. The fourth-order valence-corrected chi connectivity index (χ4v) is 5.76. The van der Waals surface area contributed by atoms with Gasteiger partial charge in [0.2, 0.25) is 0 Å². The van der Waals surface area contributed by atoms with Crippen LogP contribution in [0.1, 0.15) is 26.2 Å². The second-order valence-electron chi connectivity index (χ2n) is 6.22. The Morgan fingerprint density at radius 1 is 0.826 bits per heavy atom. The lowest BCUT2D eigenvalue weighted by Crippen LogP contribution is -2.18. The Balaban J connectivity index is 1.89. The Morgan fingerprint density at radius 3 is 1.87 bits per heavy atom. The molecule has 0 bridgehead atoms. The zero-order valence-corrected chi connectivity index (χ0v) is 14.5. The predicted octanol–water partition coefficient (Wildman–Crippen LogP) is 5.06. The first-order valence-corrected chi connectivity index (χ1v) is 10.1. The van der Waals surface area contributed by atoms with Crippen molar-refractivity contribution in [3.05, 3.63) is 84.0 Å². The van der Waals surface area contributed by atoms with Crippen LogP contribution in [0.2, 0.25) is 0 Å². The van der Waals surface area contributed by atoms with Crippen LogP contribution in [0.4, 0.5) is 0 Å². The molecule has 0 fully saturated rings. The Kier molecular flexibility index (Phi) is 4.98. The van der Waals surface area contributed by atoms with Crippen molar-refractivity contribution in [3.63, 3.8) is 0 Å². The van der Waals surface area contributed by atoms with Gasteiger partial charge in [-0.25, -0.2) is 0 Å². The topological polar surface area (TPSA) is 17.1 Å². The molecule has 1 aliphatic rings. The Morgan fingerprint density at radius 2 is 1.39 bits per heavy atom. The van der Waals surface area contributed by atoms with Crippen molar-refractivity contribution in [2.24, 2.45) is 0 Å². The minimum atomic E-state index is -2.57. The van der Waals surface area contributed by atoms with Gasteiger partial charge in [-0.15, -0.1) is 0 Å². The first-order chi connectivity index (χ1) is 11.2. The van der Waals surface area contributed by atoms with Gasteiger partial charge in [0.05, 0.1) is 0 Å². The van der Waals surface area contributed by atoms with Gasteiger partial charge in [0.1, 0.15) is 7.14 Å². The molecule has 2 aromatic rings. The molecule has 23 heavy (non-hydrogen) atoms. The third-order valence-corrected chi connectivity index (χ3v) is 7.66. The highest BCUT2D eigenvalue weighted by molar-refractivity contribution is 7.78. The van der Waals surface area contributed by atoms with Crippen LogP contribution in [-0.2, 0) is 4.57 Å². The van der Waals surface area contributed by atoms with Crippen molar-refractivity contribution in [2.45, 2.75) is 26.2 Å². The molecular formula is C21H23OP. The van der Waals surface area contributed by atoms with Crippen LogP contribution in [0.5, 0.6) is 0 Å². The van der Waals surface area contributed by atoms with E-state index in [4.69, 9.17) is 0 Å². The summed E-state index contributed by atoms with van der Waals surface area (Å²) in [7, 11) is -2.57. The molecule has 118 valence electrons. The summed E-state index contributed by atoms with van der Waals surface area (Å²) in [5, 5.41) is 1.93. The van der Waals surface area contributed by atoms with Crippen molar-refractivity contribution in [1.29, 1.82) is 0 Å². The smallest absolute Gasteiger partial charge is 0.143 e. The molecule has 0 atom stereocenters. The molecule has 0 unspecified atom stereocenters. The molecule has 0 radical (unpaired) electrons. The van der Waals surface area contributed by atoms with Crippen LogP contribution in [0.3, 0.4) is 0 Å². The summed E-state index contributed by atoms with van der Waals surface area (Å²) in [6, 6.07) is 19.9. The van der Waals surface area contributed by atoms with Crippen molar-refractivity contribution in [1.82, 2.24) is 0 Å². The summed E-state index contributed by atoms with van der Waals surface area (Å²) in [5.41, 5.74) is 2.85. The lowest BCUT2D eigenvalue weighted by atomic mass is 9.98. The molecule has 0 aliphatic heterocycles. The van der Waals surface area contributed by atoms with Gasteiger partial charge in [0.25, 0.3) is 0 Å². The fourth-order valence-electron chi connectivity index (χ4n) is 3.04. The highest BCUT2D eigenvalue weighted by Crippen LogP contribution is 2.45. The molecule has 3 rings (SSSR count). The maximum atomic E-state index is 13.9. The average molecular weight is 322 g/mol. The van der Waals surface area contributed by atoms with Crippen LogP contribution in [0.25, 0.3) is 0 Å². The second-order valence-corrected chi connectivity index (χ2v) is 9.18. The zero-order valence-electron chi connectivity index (χ0n) is 13.6. The van der Waals surface area contributed by atoms with Gasteiger partial charge >= 0.3 is 0 Å². The molecule has 2 aromatic carbocycles. The third kappa shape index (κ3) is 3.74. The lowest BCUT2D eigenvalue weighted by molar-refractivity contribution is 0.586. The molecule has 0 N–H and O–H groups in total. The van der Waals surface area contributed by atoms with Crippen LogP contribution < -0.4 is 10.6 Å². The molecule has 0 saturated heterocycles. The molecule has 1 nitrogen and oxygen atoms in total. The largest absolute Gasteiger partial charge is 0.314 e. The second kappa shape index (κ2) is 7.15. The maximum absolute atomic E-state index is 13.9. The zero-order chi connectivity index (χ0) is 16.1. The van der Waals surface area contributed by atoms with Gasteiger partial charge in [-0.05, 0) is 26.2 Å². The molecule has 0 heterocycles. The summed E-state index contributed by atoms with van der Waals surface area (Å²) < 4.78 is 13.9. The molecule has 2 heteroatoms. The SMILES string of the molecule is CC1=CC=C(CCP(=O)(c2ccccc2)c2ccccc2)CC1. The number of hydrogen-bond acceptors (Lipinski definition) is 1. The van der Waals surface area contributed by atoms with E-state index in [2.05, 4.69) is 19.1 Å². The van der Waals surface area contributed by atoms with Crippen LogP contribution in [-0.4, -0.2) is 6.16 Å². The van der Waals surface area contributed by atoms with Crippen LogP contribution in [0, 0.1) is 0 Å². The predicted molar refractivity (Wildman–Crippen MR) is 100 cm³/mol.